The van der Waals surface area contributed by atoms with Crippen molar-refractivity contribution in [1.29, 1.82) is 0 Å². The number of pyridine rings is 1. The molecule has 0 radical (unpaired) electrons. The summed E-state index contributed by atoms with van der Waals surface area (Å²) in [6.45, 7) is 2.69. The van der Waals surface area contributed by atoms with E-state index in [0.29, 0.717) is 29.6 Å². The first-order valence-corrected chi connectivity index (χ1v) is 10.9. The normalized spacial score (nSPS) is 15.2. The Labute approximate surface area is 185 Å². The lowest BCUT2D eigenvalue weighted by Crippen LogP contribution is -2.52. The second-order valence-electron chi connectivity index (χ2n) is 8.41. The topological polar surface area (TPSA) is 135 Å². The van der Waals surface area contributed by atoms with E-state index in [2.05, 4.69) is 20.5 Å². The Bertz CT molecular complexity index is 1080. The molecular formula is C22H29N5O5. The fourth-order valence-electron chi connectivity index (χ4n) is 4.19. The number of ether oxygens (including phenoxy) is 1. The lowest BCUT2D eigenvalue weighted by atomic mass is 9.90. The molecule has 1 amide bonds. The highest BCUT2D eigenvalue weighted by Crippen LogP contribution is 2.28. The quantitative estimate of drug-likeness (QED) is 0.480. The second kappa shape index (κ2) is 9.25. The number of aromatic nitrogens is 4. The Kier molecular flexibility index (Phi) is 6.43. The van der Waals surface area contributed by atoms with Gasteiger partial charge < -0.3 is 24.7 Å². The van der Waals surface area contributed by atoms with Crippen molar-refractivity contribution >= 4 is 11.6 Å². The summed E-state index contributed by atoms with van der Waals surface area (Å²) in [6, 6.07) is 3.65. The first kappa shape index (κ1) is 22.2. The number of rotatable bonds is 8. The lowest BCUT2D eigenvalue weighted by molar-refractivity contribution is 0.0537. The smallest absolute Gasteiger partial charge is 0.271 e. The maximum atomic E-state index is 13.2. The van der Waals surface area contributed by atoms with Gasteiger partial charge in [-0.05, 0) is 37.8 Å². The van der Waals surface area contributed by atoms with Crippen molar-refractivity contribution in [2.45, 2.75) is 51.5 Å². The second-order valence-corrected chi connectivity index (χ2v) is 8.41. The van der Waals surface area contributed by atoms with Crippen LogP contribution in [0.5, 0.6) is 5.75 Å². The molecule has 0 aromatic carbocycles. The first-order chi connectivity index (χ1) is 15.5. The number of carbonyl (C=O) groups excluding carboxylic acids is 1. The van der Waals surface area contributed by atoms with Gasteiger partial charge in [0, 0.05) is 13.1 Å². The minimum absolute atomic E-state index is 0.0728. The number of aliphatic hydroxyl groups is 2. The molecule has 1 aliphatic rings. The molecule has 0 unspecified atom stereocenters. The van der Waals surface area contributed by atoms with Crippen LogP contribution in [0, 0.1) is 19.8 Å². The molecule has 3 N–H and O–H groups in total. The number of aliphatic hydroxyl groups excluding tert-OH is 2. The molecule has 10 nitrogen and oxygen atoms in total. The van der Waals surface area contributed by atoms with Crippen LogP contribution in [0.25, 0.3) is 5.65 Å². The number of nitrogens with one attached hydrogen (secondary N) is 1. The van der Waals surface area contributed by atoms with Crippen molar-refractivity contribution in [2.75, 3.05) is 19.8 Å². The average Bonchev–Trinajstić information content (AvgIpc) is 3.39. The van der Waals surface area contributed by atoms with Gasteiger partial charge in [0.05, 0.1) is 25.5 Å². The summed E-state index contributed by atoms with van der Waals surface area (Å²) in [5.41, 5.74) is -0.323. The molecule has 32 heavy (non-hydrogen) atoms. The average molecular weight is 444 g/mol. The summed E-state index contributed by atoms with van der Waals surface area (Å²) in [6.07, 6.45) is 7.84. The molecule has 0 atom stereocenters. The zero-order valence-corrected chi connectivity index (χ0v) is 18.4. The third kappa shape index (κ3) is 4.20. The van der Waals surface area contributed by atoms with Gasteiger partial charge in [0.15, 0.2) is 16.9 Å². The van der Waals surface area contributed by atoms with Crippen molar-refractivity contribution in [3.8, 4) is 5.75 Å². The monoisotopic (exact) mass is 443 g/mol. The molecule has 1 aliphatic carbocycles. The van der Waals surface area contributed by atoms with Crippen LogP contribution in [0.2, 0.25) is 0 Å². The predicted octanol–water partition coefficient (Wildman–Crippen LogP) is 1.90. The van der Waals surface area contributed by atoms with Crippen LogP contribution in [0.1, 0.15) is 60.1 Å². The van der Waals surface area contributed by atoms with Gasteiger partial charge >= 0.3 is 0 Å². The number of amides is 1. The molecule has 0 spiro atoms. The number of nitrogens with zero attached hydrogens (tertiary/aromatic N) is 4. The van der Waals surface area contributed by atoms with Crippen LogP contribution in [-0.2, 0) is 5.54 Å². The molecule has 10 heteroatoms. The number of hydrogen-bond acceptors (Lipinski definition) is 8. The highest BCUT2D eigenvalue weighted by atomic mass is 16.5. The van der Waals surface area contributed by atoms with Crippen molar-refractivity contribution in [2.24, 2.45) is 5.92 Å². The number of aryl methyl sites for hydroxylation is 2. The SMILES string of the molecule is Cc1nnc(C(CO)(CO)NC(=O)c2c(C)nc3c(OCC4CCCCC4)cccn23)o1. The van der Waals surface area contributed by atoms with E-state index in [1.807, 2.05) is 6.07 Å². The molecule has 1 saturated carbocycles. The van der Waals surface area contributed by atoms with Crippen LogP contribution < -0.4 is 10.1 Å². The molecular weight excluding hydrogens is 414 g/mol. The van der Waals surface area contributed by atoms with Crippen molar-refractivity contribution < 1.29 is 24.2 Å². The fourth-order valence-corrected chi connectivity index (χ4v) is 4.19. The van der Waals surface area contributed by atoms with Crippen LogP contribution in [0.4, 0.5) is 0 Å². The van der Waals surface area contributed by atoms with Crippen LogP contribution in [-0.4, -0.2) is 55.5 Å². The molecule has 0 saturated heterocycles. The van der Waals surface area contributed by atoms with E-state index in [1.54, 1.807) is 30.5 Å². The maximum absolute atomic E-state index is 13.2. The first-order valence-electron chi connectivity index (χ1n) is 10.9. The largest absolute Gasteiger partial charge is 0.489 e. The fraction of sp³-hybridized carbons (Fsp3) is 0.545. The van der Waals surface area contributed by atoms with Crippen molar-refractivity contribution in [3.05, 3.63) is 41.5 Å². The number of fused-ring (bicyclic) bond motifs is 1. The molecule has 3 aromatic rings. The lowest BCUT2D eigenvalue weighted by Gasteiger charge is -2.27. The van der Waals surface area contributed by atoms with E-state index < -0.39 is 24.7 Å². The van der Waals surface area contributed by atoms with Gasteiger partial charge in [0.1, 0.15) is 5.69 Å². The van der Waals surface area contributed by atoms with E-state index in [-0.39, 0.29) is 17.5 Å². The molecule has 1 fully saturated rings. The highest BCUT2D eigenvalue weighted by Gasteiger charge is 2.39. The minimum Gasteiger partial charge on any atom is -0.489 e. The van der Waals surface area contributed by atoms with E-state index in [4.69, 9.17) is 9.15 Å². The van der Waals surface area contributed by atoms with E-state index in [0.717, 1.165) is 0 Å². The molecule has 3 aromatic heterocycles. The molecule has 3 heterocycles. The van der Waals surface area contributed by atoms with Crippen molar-refractivity contribution in [3.63, 3.8) is 0 Å². The Balaban J connectivity index is 1.60. The van der Waals surface area contributed by atoms with E-state index in [1.165, 1.54) is 32.1 Å². The molecule has 172 valence electrons. The number of carbonyl (C=O) groups is 1. The predicted molar refractivity (Wildman–Crippen MR) is 114 cm³/mol. The summed E-state index contributed by atoms with van der Waals surface area (Å²) in [4.78, 5) is 17.8. The van der Waals surface area contributed by atoms with Gasteiger partial charge in [-0.3, -0.25) is 9.20 Å². The van der Waals surface area contributed by atoms with E-state index >= 15 is 0 Å². The third-order valence-electron chi connectivity index (χ3n) is 6.03. The molecule has 0 bridgehead atoms. The van der Waals surface area contributed by atoms with Gasteiger partial charge in [0.2, 0.25) is 11.8 Å². The maximum Gasteiger partial charge on any atom is 0.271 e. The zero-order valence-electron chi connectivity index (χ0n) is 18.4. The summed E-state index contributed by atoms with van der Waals surface area (Å²) >= 11 is 0. The summed E-state index contributed by atoms with van der Waals surface area (Å²) in [5.74, 6) is 0.791. The van der Waals surface area contributed by atoms with Gasteiger partial charge in [-0.2, -0.15) is 0 Å². The van der Waals surface area contributed by atoms with Gasteiger partial charge in [-0.25, -0.2) is 4.98 Å². The van der Waals surface area contributed by atoms with Gasteiger partial charge in [0.25, 0.3) is 5.91 Å². The Morgan fingerprint density at radius 3 is 2.66 bits per heavy atom. The van der Waals surface area contributed by atoms with E-state index in [9.17, 15) is 15.0 Å². The molecule has 0 aliphatic heterocycles. The minimum atomic E-state index is -1.62. The third-order valence-corrected chi connectivity index (χ3v) is 6.03. The highest BCUT2D eigenvalue weighted by molar-refractivity contribution is 5.95. The Hall–Kier alpha value is -2.98. The van der Waals surface area contributed by atoms with Crippen LogP contribution >= 0.6 is 0 Å². The molecule has 4 rings (SSSR count). The zero-order chi connectivity index (χ0) is 22.7. The standard InChI is InChI=1S/C22H29N5O5/c1-14-18(20(30)24-22(12-28,13-29)21-26-25-15(2)32-21)27-10-6-9-17(19(27)23-14)31-11-16-7-4-3-5-8-16/h6,9-10,16,28-29H,3-5,7-8,11-13H2,1-2H3,(H,24,30). The van der Waals surface area contributed by atoms with Gasteiger partial charge in [-0.1, -0.05) is 19.3 Å². The Morgan fingerprint density at radius 2 is 2.00 bits per heavy atom. The number of imidazole rings is 1. The Morgan fingerprint density at radius 1 is 1.25 bits per heavy atom. The summed E-state index contributed by atoms with van der Waals surface area (Å²) in [5, 5.41) is 30.2. The van der Waals surface area contributed by atoms with Gasteiger partial charge in [-0.15, -0.1) is 10.2 Å². The number of hydrogen-bond donors (Lipinski definition) is 3. The van der Waals surface area contributed by atoms with Crippen LogP contribution in [0.15, 0.2) is 22.7 Å². The van der Waals surface area contributed by atoms with Crippen molar-refractivity contribution in [1.82, 2.24) is 24.9 Å². The summed E-state index contributed by atoms with van der Waals surface area (Å²) < 4.78 is 13.1. The van der Waals surface area contributed by atoms with Crippen LogP contribution in [0.3, 0.4) is 0 Å². The summed E-state index contributed by atoms with van der Waals surface area (Å²) in [7, 11) is 0.